The Hall–Kier alpha value is -2.43. The fraction of sp³-hybridized carbons (Fsp3) is 0.714. The number of halogens is 3. The predicted molar refractivity (Wildman–Crippen MR) is 113 cm³/mol. The highest BCUT2D eigenvalue weighted by atomic mass is 19.4. The van der Waals surface area contributed by atoms with Crippen molar-refractivity contribution in [1.29, 1.82) is 0 Å². The van der Waals surface area contributed by atoms with Gasteiger partial charge in [0.1, 0.15) is 5.82 Å². The number of anilines is 1. The number of piperidine rings is 2. The van der Waals surface area contributed by atoms with Gasteiger partial charge in [0.05, 0.1) is 0 Å². The number of rotatable bonds is 3. The van der Waals surface area contributed by atoms with Crippen LogP contribution in [0.2, 0.25) is 0 Å². The number of hydrogen-bond acceptors (Lipinski definition) is 6. The maximum absolute atomic E-state index is 13.1. The minimum Gasteiger partial charge on any atom is -0.355 e. The summed E-state index contributed by atoms with van der Waals surface area (Å²) in [5.74, 6) is -0.776. The molecule has 8 nitrogen and oxygen atoms in total. The van der Waals surface area contributed by atoms with Gasteiger partial charge in [-0.3, -0.25) is 4.79 Å². The van der Waals surface area contributed by atoms with E-state index < -0.39 is 12.0 Å². The third kappa shape index (κ3) is 4.82. The SMILES string of the molecule is CC1(C)CC(NC(=O)C2CCN(c3ccc4nnc(C(F)(F)F)n4n3)CC2)CC(C)(C)N1. The minimum absolute atomic E-state index is 0.0446. The van der Waals surface area contributed by atoms with Crippen LogP contribution in [0.5, 0.6) is 0 Å². The molecule has 2 N–H and O–H groups in total. The number of nitrogens with one attached hydrogen (secondary N) is 2. The van der Waals surface area contributed by atoms with E-state index >= 15 is 0 Å². The highest BCUT2D eigenvalue weighted by Crippen LogP contribution is 2.30. The maximum Gasteiger partial charge on any atom is 0.453 e. The molecule has 2 fully saturated rings. The number of fused-ring (bicyclic) bond motifs is 1. The topological polar surface area (TPSA) is 87.5 Å². The summed E-state index contributed by atoms with van der Waals surface area (Å²) >= 11 is 0. The van der Waals surface area contributed by atoms with Gasteiger partial charge in [0, 0.05) is 36.1 Å². The van der Waals surface area contributed by atoms with Crippen molar-refractivity contribution in [2.24, 2.45) is 5.92 Å². The summed E-state index contributed by atoms with van der Waals surface area (Å²) < 4.78 is 40.1. The molecule has 0 saturated carbocycles. The lowest BCUT2D eigenvalue weighted by atomic mass is 9.79. The van der Waals surface area contributed by atoms with Crippen LogP contribution in [0.15, 0.2) is 12.1 Å². The first kappa shape index (κ1) is 22.8. The molecule has 0 radical (unpaired) electrons. The molecule has 0 aromatic carbocycles. The average Bonchev–Trinajstić information content (AvgIpc) is 3.09. The van der Waals surface area contributed by atoms with Crippen LogP contribution in [0.25, 0.3) is 5.65 Å². The number of carbonyl (C=O) groups is 1. The Morgan fingerprint density at radius 3 is 2.31 bits per heavy atom. The average molecular weight is 454 g/mol. The zero-order valence-corrected chi connectivity index (χ0v) is 18.8. The van der Waals surface area contributed by atoms with Crippen molar-refractivity contribution in [2.45, 2.75) is 76.7 Å². The van der Waals surface area contributed by atoms with E-state index in [2.05, 4.69) is 53.6 Å². The molecule has 2 aromatic heterocycles. The number of aromatic nitrogens is 4. The molecule has 4 rings (SSSR count). The van der Waals surface area contributed by atoms with Crippen molar-refractivity contribution < 1.29 is 18.0 Å². The van der Waals surface area contributed by atoms with E-state index in [-0.39, 0.29) is 34.6 Å². The molecule has 0 spiro atoms. The summed E-state index contributed by atoms with van der Waals surface area (Å²) in [4.78, 5) is 14.8. The molecule has 2 saturated heterocycles. The van der Waals surface area contributed by atoms with Gasteiger partial charge in [-0.25, -0.2) is 0 Å². The van der Waals surface area contributed by atoms with Crippen LogP contribution in [-0.4, -0.2) is 55.9 Å². The van der Waals surface area contributed by atoms with E-state index in [0.717, 1.165) is 17.4 Å². The van der Waals surface area contributed by atoms with Crippen molar-refractivity contribution in [3.05, 3.63) is 18.0 Å². The monoisotopic (exact) mass is 453 g/mol. The highest BCUT2D eigenvalue weighted by molar-refractivity contribution is 5.79. The van der Waals surface area contributed by atoms with Gasteiger partial charge in [-0.1, -0.05) is 0 Å². The van der Waals surface area contributed by atoms with Crippen LogP contribution >= 0.6 is 0 Å². The summed E-state index contributed by atoms with van der Waals surface area (Å²) in [5.41, 5.74) is -0.0570. The van der Waals surface area contributed by atoms with Gasteiger partial charge in [0.2, 0.25) is 5.91 Å². The lowest BCUT2D eigenvalue weighted by Gasteiger charge is -2.47. The third-order valence-electron chi connectivity index (χ3n) is 6.23. The first-order chi connectivity index (χ1) is 14.8. The molecule has 0 atom stereocenters. The summed E-state index contributed by atoms with van der Waals surface area (Å²) in [7, 11) is 0. The Labute approximate surface area is 184 Å². The standard InChI is InChI=1S/C21H30F3N7O/c1-19(2)11-14(12-20(3,4)29-19)25-17(32)13-7-9-30(10-8-13)16-6-5-15-26-27-18(21(22,23)24)31(15)28-16/h5-6,13-14,29H,7-12H2,1-4H3,(H,25,32). The normalized spacial score (nSPS) is 22.3. The minimum atomic E-state index is -4.63. The summed E-state index contributed by atoms with van der Waals surface area (Å²) in [5, 5.41) is 17.7. The molecule has 2 aliphatic rings. The Morgan fingerprint density at radius 1 is 1.09 bits per heavy atom. The van der Waals surface area contributed by atoms with Crippen LogP contribution in [0.3, 0.4) is 0 Å². The van der Waals surface area contributed by atoms with Gasteiger partial charge in [-0.15, -0.1) is 15.3 Å². The van der Waals surface area contributed by atoms with Crippen molar-refractivity contribution in [1.82, 2.24) is 30.4 Å². The quantitative estimate of drug-likeness (QED) is 0.743. The maximum atomic E-state index is 13.1. The smallest absolute Gasteiger partial charge is 0.355 e. The molecule has 0 unspecified atom stereocenters. The molecule has 176 valence electrons. The van der Waals surface area contributed by atoms with E-state index in [1.165, 1.54) is 6.07 Å². The van der Waals surface area contributed by atoms with E-state index in [1.807, 2.05) is 4.90 Å². The zero-order chi connectivity index (χ0) is 23.3. The van der Waals surface area contributed by atoms with E-state index in [4.69, 9.17) is 0 Å². The zero-order valence-electron chi connectivity index (χ0n) is 18.8. The second-order valence-electron chi connectivity index (χ2n) is 10.3. The second kappa shape index (κ2) is 7.86. The molecule has 1 amide bonds. The number of amides is 1. The number of nitrogens with zero attached hydrogens (tertiary/aromatic N) is 5. The van der Waals surface area contributed by atoms with Gasteiger partial charge < -0.3 is 15.5 Å². The summed E-state index contributed by atoms with van der Waals surface area (Å²) in [6.07, 6.45) is -1.65. The summed E-state index contributed by atoms with van der Waals surface area (Å²) in [6.45, 7) is 9.68. The van der Waals surface area contributed by atoms with Gasteiger partial charge >= 0.3 is 6.18 Å². The number of alkyl halides is 3. The van der Waals surface area contributed by atoms with E-state index in [0.29, 0.717) is 31.7 Å². The number of hydrogen-bond donors (Lipinski definition) is 2. The molecule has 11 heteroatoms. The molecular formula is C21H30F3N7O. The van der Waals surface area contributed by atoms with Crippen LogP contribution in [-0.2, 0) is 11.0 Å². The van der Waals surface area contributed by atoms with Crippen molar-refractivity contribution in [3.63, 3.8) is 0 Å². The molecule has 32 heavy (non-hydrogen) atoms. The Bertz CT molecular complexity index is 977. The van der Waals surface area contributed by atoms with Crippen molar-refractivity contribution in [2.75, 3.05) is 18.0 Å². The van der Waals surface area contributed by atoms with Crippen molar-refractivity contribution in [3.8, 4) is 0 Å². The molecular weight excluding hydrogens is 423 g/mol. The van der Waals surface area contributed by atoms with E-state index in [1.54, 1.807) is 6.07 Å². The second-order valence-corrected chi connectivity index (χ2v) is 10.3. The first-order valence-electron chi connectivity index (χ1n) is 11.0. The van der Waals surface area contributed by atoms with Crippen molar-refractivity contribution >= 4 is 17.4 Å². The van der Waals surface area contributed by atoms with Gasteiger partial charge in [-0.2, -0.15) is 17.7 Å². The van der Waals surface area contributed by atoms with Crippen LogP contribution < -0.4 is 15.5 Å². The lowest BCUT2D eigenvalue weighted by Crippen LogP contribution is -2.62. The molecule has 4 heterocycles. The molecule has 2 aromatic rings. The van der Waals surface area contributed by atoms with Crippen LogP contribution in [0.1, 0.15) is 59.2 Å². The molecule has 2 aliphatic heterocycles. The Kier molecular flexibility index (Phi) is 5.59. The predicted octanol–water partition coefficient (Wildman–Crippen LogP) is 2.78. The lowest BCUT2D eigenvalue weighted by molar-refractivity contribution is -0.146. The largest absolute Gasteiger partial charge is 0.453 e. The molecule has 0 bridgehead atoms. The summed E-state index contributed by atoms with van der Waals surface area (Å²) in [6, 6.07) is 3.23. The Balaban J connectivity index is 1.38. The van der Waals surface area contributed by atoms with E-state index in [9.17, 15) is 18.0 Å². The highest BCUT2D eigenvalue weighted by Gasteiger charge is 2.40. The van der Waals surface area contributed by atoms with Crippen LogP contribution in [0, 0.1) is 5.92 Å². The third-order valence-corrected chi connectivity index (χ3v) is 6.23. The van der Waals surface area contributed by atoms with Gasteiger partial charge in [0.15, 0.2) is 5.65 Å². The van der Waals surface area contributed by atoms with Gasteiger partial charge in [-0.05, 0) is 65.5 Å². The van der Waals surface area contributed by atoms with Gasteiger partial charge in [0.25, 0.3) is 5.82 Å². The number of carbonyl (C=O) groups excluding carboxylic acids is 1. The van der Waals surface area contributed by atoms with Crippen LogP contribution in [0.4, 0.5) is 19.0 Å². The Morgan fingerprint density at radius 2 is 1.72 bits per heavy atom. The molecule has 0 aliphatic carbocycles. The fourth-order valence-electron chi connectivity index (χ4n) is 5.24. The fourth-order valence-corrected chi connectivity index (χ4v) is 5.24. The first-order valence-corrected chi connectivity index (χ1v) is 11.0.